The Kier molecular flexibility index (Phi) is 1.69. The third-order valence-electron chi connectivity index (χ3n) is 2.31. The topological polar surface area (TPSA) is 62.2 Å². The van der Waals surface area contributed by atoms with Crippen molar-refractivity contribution in [2.45, 2.75) is 18.4 Å². The van der Waals surface area contributed by atoms with Crippen molar-refractivity contribution < 1.29 is 9.90 Å². The first kappa shape index (κ1) is 8.04. The van der Waals surface area contributed by atoms with Gasteiger partial charge in [0, 0.05) is 12.4 Å². The quantitative estimate of drug-likeness (QED) is 0.718. The van der Waals surface area contributed by atoms with Crippen LogP contribution in [0.2, 0.25) is 0 Å². The molecule has 13 heavy (non-hydrogen) atoms. The van der Waals surface area contributed by atoms with Crippen molar-refractivity contribution in [3.05, 3.63) is 30.1 Å². The SMILES string of the molecule is O=C(O)NC1(c2cccnc2)CC1. The Bertz CT molecular complexity index is 320. The van der Waals surface area contributed by atoms with Crippen LogP contribution >= 0.6 is 0 Å². The highest BCUT2D eigenvalue weighted by molar-refractivity contribution is 5.67. The van der Waals surface area contributed by atoms with E-state index in [1.807, 2.05) is 12.1 Å². The van der Waals surface area contributed by atoms with E-state index in [4.69, 9.17) is 5.11 Å². The van der Waals surface area contributed by atoms with Crippen molar-refractivity contribution in [1.29, 1.82) is 0 Å². The Balaban J connectivity index is 2.21. The van der Waals surface area contributed by atoms with Crippen molar-refractivity contribution in [2.24, 2.45) is 0 Å². The fourth-order valence-corrected chi connectivity index (χ4v) is 1.46. The van der Waals surface area contributed by atoms with Crippen LogP contribution in [0.15, 0.2) is 24.5 Å². The lowest BCUT2D eigenvalue weighted by molar-refractivity contribution is 0.188. The molecule has 0 atom stereocenters. The summed E-state index contributed by atoms with van der Waals surface area (Å²) in [5, 5.41) is 11.1. The molecule has 4 heteroatoms. The van der Waals surface area contributed by atoms with Gasteiger partial charge >= 0.3 is 6.09 Å². The molecular weight excluding hydrogens is 168 g/mol. The van der Waals surface area contributed by atoms with Crippen molar-refractivity contribution in [1.82, 2.24) is 10.3 Å². The summed E-state index contributed by atoms with van der Waals surface area (Å²) in [4.78, 5) is 14.5. The summed E-state index contributed by atoms with van der Waals surface area (Å²) in [7, 11) is 0. The van der Waals surface area contributed by atoms with E-state index < -0.39 is 6.09 Å². The lowest BCUT2D eigenvalue weighted by Crippen LogP contribution is -2.33. The van der Waals surface area contributed by atoms with Crippen LogP contribution in [0.25, 0.3) is 0 Å². The first-order valence-corrected chi connectivity index (χ1v) is 4.15. The van der Waals surface area contributed by atoms with Gasteiger partial charge in [-0.05, 0) is 24.5 Å². The first-order valence-electron chi connectivity index (χ1n) is 4.15. The predicted molar refractivity (Wildman–Crippen MR) is 46.3 cm³/mol. The average molecular weight is 178 g/mol. The highest BCUT2D eigenvalue weighted by atomic mass is 16.4. The zero-order valence-corrected chi connectivity index (χ0v) is 7.03. The van der Waals surface area contributed by atoms with Crippen LogP contribution < -0.4 is 5.32 Å². The van der Waals surface area contributed by atoms with E-state index in [-0.39, 0.29) is 5.54 Å². The van der Waals surface area contributed by atoms with Crippen molar-refractivity contribution in [3.63, 3.8) is 0 Å². The summed E-state index contributed by atoms with van der Waals surface area (Å²) in [6, 6.07) is 3.72. The van der Waals surface area contributed by atoms with E-state index in [1.54, 1.807) is 12.4 Å². The monoisotopic (exact) mass is 178 g/mol. The van der Waals surface area contributed by atoms with Gasteiger partial charge in [0.15, 0.2) is 0 Å². The lowest BCUT2D eigenvalue weighted by atomic mass is 10.1. The summed E-state index contributed by atoms with van der Waals surface area (Å²) in [5.74, 6) is 0. The van der Waals surface area contributed by atoms with Gasteiger partial charge in [-0.3, -0.25) is 4.98 Å². The summed E-state index contributed by atoms with van der Waals surface area (Å²) >= 11 is 0. The number of rotatable bonds is 2. The minimum atomic E-state index is -0.971. The molecule has 0 spiro atoms. The molecule has 0 saturated heterocycles. The van der Waals surface area contributed by atoms with Crippen LogP contribution in [-0.2, 0) is 5.54 Å². The van der Waals surface area contributed by atoms with Crippen LogP contribution in [0.5, 0.6) is 0 Å². The standard InChI is InChI=1S/C9H10N2O2/c12-8(13)11-9(3-4-9)7-2-1-5-10-6-7/h1-2,5-6,11H,3-4H2,(H,12,13). The van der Waals surface area contributed by atoms with Crippen LogP contribution in [0.4, 0.5) is 4.79 Å². The summed E-state index contributed by atoms with van der Waals surface area (Å²) < 4.78 is 0. The van der Waals surface area contributed by atoms with E-state index in [0.29, 0.717) is 0 Å². The molecule has 0 radical (unpaired) electrons. The van der Waals surface area contributed by atoms with Gasteiger partial charge in [-0.25, -0.2) is 4.79 Å². The van der Waals surface area contributed by atoms with Crippen molar-refractivity contribution >= 4 is 6.09 Å². The number of amides is 1. The number of carbonyl (C=O) groups is 1. The van der Waals surface area contributed by atoms with Gasteiger partial charge in [0.05, 0.1) is 5.54 Å². The van der Waals surface area contributed by atoms with Crippen LogP contribution in [0.1, 0.15) is 18.4 Å². The molecule has 4 nitrogen and oxygen atoms in total. The number of hydrogen-bond acceptors (Lipinski definition) is 2. The number of nitrogens with zero attached hydrogens (tertiary/aromatic N) is 1. The maximum Gasteiger partial charge on any atom is 0.405 e. The van der Waals surface area contributed by atoms with E-state index in [1.165, 1.54) is 0 Å². The Morgan fingerprint density at radius 3 is 2.85 bits per heavy atom. The summed E-state index contributed by atoms with van der Waals surface area (Å²) in [6.45, 7) is 0. The van der Waals surface area contributed by atoms with Gasteiger partial charge in [0.2, 0.25) is 0 Å². The molecule has 1 aliphatic rings. The van der Waals surface area contributed by atoms with E-state index >= 15 is 0 Å². The molecule has 1 saturated carbocycles. The summed E-state index contributed by atoms with van der Waals surface area (Å²) in [5.41, 5.74) is 0.609. The van der Waals surface area contributed by atoms with Crippen LogP contribution in [0, 0.1) is 0 Å². The molecule has 0 unspecified atom stereocenters. The predicted octanol–water partition coefficient (Wildman–Crippen LogP) is 1.34. The second-order valence-corrected chi connectivity index (χ2v) is 3.25. The number of aromatic nitrogens is 1. The molecule has 68 valence electrons. The summed E-state index contributed by atoms with van der Waals surface area (Å²) in [6.07, 6.45) is 4.15. The van der Waals surface area contributed by atoms with Crippen molar-refractivity contribution in [3.8, 4) is 0 Å². The molecule has 0 aromatic carbocycles. The molecule has 0 aliphatic heterocycles. The normalized spacial score (nSPS) is 17.8. The third kappa shape index (κ3) is 1.47. The minimum Gasteiger partial charge on any atom is -0.465 e. The Morgan fingerprint density at radius 1 is 1.62 bits per heavy atom. The molecule has 1 amide bonds. The maximum atomic E-state index is 10.5. The highest BCUT2D eigenvalue weighted by Gasteiger charge is 2.45. The van der Waals surface area contributed by atoms with Crippen LogP contribution in [-0.4, -0.2) is 16.2 Å². The lowest BCUT2D eigenvalue weighted by Gasteiger charge is -2.14. The molecule has 1 aliphatic carbocycles. The van der Waals surface area contributed by atoms with Gasteiger partial charge in [0.1, 0.15) is 0 Å². The molecule has 1 fully saturated rings. The van der Waals surface area contributed by atoms with Gasteiger partial charge in [-0.15, -0.1) is 0 Å². The van der Waals surface area contributed by atoms with E-state index in [2.05, 4.69) is 10.3 Å². The molecular formula is C9H10N2O2. The number of carboxylic acid groups (broad SMARTS) is 1. The Hall–Kier alpha value is -1.58. The maximum absolute atomic E-state index is 10.5. The zero-order chi connectivity index (χ0) is 9.31. The fraction of sp³-hybridized carbons (Fsp3) is 0.333. The van der Waals surface area contributed by atoms with Gasteiger partial charge < -0.3 is 10.4 Å². The Labute approximate surface area is 75.6 Å². The van der Waals surface area contributed by atoms with Gasteiger partial charge in [0.25, 0.3) is 0 Å². The number of nitrogens with one attached hydrogen (secondary N) is 1. The van der Waals surface area contributed by atoms with Gasteiger partial charge in [-0.2, -0.15) is 0 Å². The Morgan fingerprint density at radius 2 is 2.38 bits per heavy atom. The van der Waals surface area contributed by atoms with Crippen LogP contribution in [0.3, 0.4) is 0 Å². The molecule has 2 rings (SSSR count). The minimum absolute atomic E-state index is 0.347. The first-order chi connectivity index (χ1) is 6.23. The van der Waals surface area contributed by atoms with Crippen molar-refractivity contribution in [2.75, 3.05) is 0 Å². The number of pyridine rings is 1. The molecule has 0 bridgehead atoms. The second-order valence-electron chi connectivity index (χ2n) is 3.25. The molecule has 1 aromatic heterocycles. The average Bonchev–Trinajstić information content (AvgIpc) is 2.86. The molecule has 1 heterocycles. The fourth-order valence-electron chi connectivity index (χ4n) is 1.46. The van der Waals surface area contributed by atoms with E-state index in [0.717, 1.165) is 18.4 Å². The van der Waals surface area contributed by atoms with Gasteiger partial charge in [-0.1, -0.05) is 6.07 Å². The third-order valence-corrected chi connectivity index (χ3v) is 2.31. The smallest absolute Gasteiger partial charge is 0.405 e. The highest BCUT2D eigenvalue weighted by Crippen LogP contribution is 2.44. The van der Waals surface area contributed by atoms with E-state index in [9.17, 15) is 4.79 Å². The molecule has 2 N–H and O–H groups in total. The number of hydrogen-bond donors (Lipinski definition) is 2. The largest absolute Gasteiger partial charge is 0.465 e. The zero-order valence-electron chi connectivity index (χ0n) is 7.03. The second kappa shape index (κ2) is 2.73. The molecule has 1 aromatic rings.